The van der Waals surface area contributed by atoms with Crippen molar-refractivity contribution in [2.24, 2.45) is 17.8 Å². The normalized spacial score (nSPS) is 32.5. The van der Waals surface area contributed by atoms with E-state index in [0.717, 1.165) is 6.42 Å². The maximum absolute atomic E-state index is 12.6. The van der Waals surface area contributed by atoms with E-state index in [0.29, 0.717) is 25.5 Å². The minimum atomic E-state index is -0.332. The van der Waals surface area contributed by atoms with Gasteiger partial charge in [-0.05, 0) is 32.6 Å². The summed E-state index contributed by atoms with van der Waals surface area (Å²) in [6, 6.07) is 0. The van der Waals surface area contributed by atoms with Crippen molar-refractivity contribution in [1.82, 2.24) is 4.90 Å². The van der Waals surface area contributed by atoms with Crippen LogP contribution in [0.3, 0.4) is 0 Å². The zero-order valence-electron chi connectivity index (χ0n) is 14.5. The molecule has 0 saturated carbocycles. The van der Waals surface area contributed by atoms with Crippen LogP contribution in [-0.2, 0) is 19.1 Å². The van der Waals surface area contributed by atoms with Gasteiger partial charge < -0.3 is 9.47 Å². The van der Waals surface area contributed by atoms with Gasteiger partial charge in [0.1, 0.15) is 0 Å². The van der Waals surface area contributed by atoms with E-state index in [-0.39, 0.29) is 41.5 Å². The lowest BCUT2D eigenvalue weighted by Crippen LogP contribution is -2.39. The Morgan fingerprint density at radius 1 is 1.17 bits per heavy atom. The predicted octanol–water partition coefficient (Wildman–Crippen LogP) is 2.16. The standard InChI is InChI=1S/C18H27NO4/c1-11(2)7-10-22-18(3,4)8-9-19-16(20)14-12-5-6-13(23-12)15(14)17(19)21/h5-6,11-15H,7-10H2,1-4H3. The number of hydrogen-bond acceptors (Lipinski definition) is 4. The summed E-state index contributed by atoms with van der Waals surface area (Å²) in [5.41, 5.74) is -0.332. The Hall–Kier alpha value is -1.20. The fraction of sp³-hybridized carbons (Fsp3) is 0.778. The van der Waals surface area contributed by atoms with Crippen molar-refractivity contribution in [2.75, 3.05) is 13.2 Å². The number of carbonyl (C=O) groups is 2. The van der Waals surface area contributed by atoms with Crippen molar-refractivity contribution in [1.29, 1.82) is 0 Å². The molecule has 4 unspecified atom stereocenters. The van der Waals surface area contributed by atoms with Crippen molar-refractivity contribution >= 4 is 11.8 Å². The second-order valence-electron chi connectivity index (χ2n) is 7.87. The molecule has 23 heavy (non-hydrogen) atoms. The lowest BCUT2D eigenvalue weighted by atomic mass is 9.85. The van der Waals surface area contributed by atoms with Crippen LogP contribution in [0.25, 0.3) is 0 Å². The van der Waals surface area contributed by atoms with Gasteiger partial charge in [0.15, 0.2) is 0 Å². The number of amides is 2. The lowest BCUT2D eigenvalue weighted by Gasteiger charge is -2.28. The molecule has 2 fully saturated rings. The minimum absolute atomic E-state index is 0.0742. The van der Waals surface area contributed by atoms with Gasteiger partial charge in [0.2, 0.25) is 11.8 Å². The van der Waals surface area contributed by atoms with E-state index in [1.807, 2.05) is 26.0 Å². The molecule has 0 spiro atoms. The number of fused-ring (bicyclic) bond motifs is 5. The SMILES string of the molecule is CC(C)CCOC(C)(C)CCN1C(=O)C2C3C=CC(O3)C2C1=O. The first-order valence-corrected chi connectivity index (χ1v) is 8.63. The highest BCUT2D eigenvalue weighted by atomic mass is 16.5. The number of nitrogens with zero attached hydrogens (tertiary/aromatic N) is 1. The van der Waals surface area contributed by atoms with Gasteiger partial charge in [0.05, 0.1) is 29.6 Å². The summed E-state index contributed by atoms with van der Waals surface area (Å²) in [4.78, 5) is 26.5. The smallest absolute Gasteiger partial charge is 0.236 e. The molecule has 0 radical (unpaired) electrons. The molecule has 2 bridgehead atoms. The molecule has 2 amide bonds. The number of imide groups is 1. The van der Waals surface area contributed by atoms with Crippen LogP contribution in [-0.4, -0.2) is 47.7 Å². The fourth-order valence-corrected chi connectivity index (χ4v) is 3.61. The molecule has 128 valence electrons. The van der Waals surface area contributed by atoms with Gasteiger partial charge in [-0.15, -0.1) is 0 Å². The summed E-state index contributed by atoms with van der Waals surface area (Å²) in [6.07, 6.45) is 5.09. The Morgan fingerprint density at radius 2 is 1.74 bits per heavy atom. The van der Waals surface area contributed by atoms with E-state index in [4.69, 9.17) is 9.47 Å². The van der Waals surface area contributed by atoms with Crippen LogP contribution < -0.4 is 0 Å². The summed E-state index contributed by atoms with van der Waals surface area (Å²) in [7, 11) is 0. The average molecular weight is 321 g/mol. The molecule has 3 aliphatic heterocycles. The molecule has 3 heterocycles. The molecular weight excluding hydrogens is 294 g/mol. The van der Waals surface area contributed by atoms with E-state index < -0.39 is 0 Å². The highest BCUT2D eigenvalue weighted by Crippen LogP contribution is 2.45. The second kappa shape index (κ2) is 6.02. The molecule has 4 atom stereocenters. The quantitative estimate of drug-likeness (QED) is 0.532. The van der Waals surface area contributed by atoms with Gasteiger partial charge in [-0.25, -0.2) is 0 Å². The highest BCUT2D eigenvalue weighted by molar-refractivity contribution is 6.06. The van der Waals surface area contributed by atoms with Crippen LogP contribution >= 0.6 is 0 Å². The predicted molar refractivity (Wildman–Crippen MR) is 85.6 cm³/mol. The first-order valence-electron chi connectivity index (χ1n) is 8.63. The highest BCUT2D eigenvalue weighted by Gasteiger charge is 2.60. The second-order valence-corrected chi connectivity index (χ2v) is 7.87. The number of rotatable bonds is 7. The van der Waals surface area contributed by atoms with E-state index in [1.165, 1.54) is 4.90 Å². The van der Waals surface area contributed by atoms with Gasteiger partial charge >= 0.3 is 0 Å². The van der Waals surface area contributed by atoms with Gasteiger partial charge in [-0.3, -0.25) is 14.5 Å². The monoisotopic (exact) mass is 321 g/mol. The summed E-state index contributed by atoms with van der Waals surface area (Å²) in [5, 5.41) is 0. The van der Waals surface area contributed by atoms with E-state index in [9.17, 15) is 9.59 Å². The zero-order chi connectivity index (χ0) is 16.8. The van der Waals surface area contributed by atoms with Crippen molar-refractivity contribution in [3.63, 3.8) is 0 Å². The molecule has 2 saturated heterocycles. The Balaban J connectivity index is 1.55. The van der Waals surface area contributed by atoms with Crippen molar-refractivity contribution in [3.05, 3.63) is 12.2 Å². The van der Waals surface area contributed by atoms with Crippen LogP contribution in [0.4, 0.5) is 0 Å². The topological polar surface area (TPSA) is 55.8 Å². The molecule has 5 heteroatoms. The van der Waals surface area contributed by atoms with E-state index in [2.05, 4.69) is 13.8 Å². The Kier molecular flexibility index (Phi) is 4.36. The summed E-state index contributed by atoms with van der Waals surface area (Å²) in [5.74, 6) is -0.149. The maximum Gasteiger partial charge on any atom is 0.236 e. The average Bonchev–Trinajstić information content (AvgIpc) is 3.11. The lowest BCUT2D eigenvalue weighted by molar-refractivity contribution is -0.143. The summed E-state index contributed by atoms with van der Waals surface area (Å²) >= 11 is 0. The molecule has 5 nitrogen and oxygen atoms in total. The molecule has 0 aromatic carbocycles. The maximum atomic E-state index is 12.6. The molecular formula is C18H27NO4. The molecule has 0 aromatic heterocycles. The van der Waals surface area contributed by atoms with Gasteiger partial charge in [0, 0.05) is 13.2 Å². The van der Waals surface area contributed by atoms with Crippen LogP contribution in [0, 0.1) is 17.8 Å². The Bertz CT molecular complexity index is 495. The fourth-order valence-electron chi connectivity index (χ4n) is 3.61. The van der Waals surface area contributed by atoms with Gasteiger partial charge in [-0.1, -0.05) is 26.0 Å². The van der Waals surface area contributed by atoms with Crippen LogP contribution in [0.2, 0.25) is 0 Å². The number of likely N-dealkylation sites (tertiary alicyclic amines) is 1. The van der Waals surface area contributed by atoms with E-state index in [1.54, 1.807) is 0 Å². The number of hydrogen-bond donors (Lipinski definition) is 0. The van der Waals surface area contributed by atoms with Crippen molar-refractivity contribution < 1.29 is 19.1 Å². The molecule has 0 N–H and O–H groups in total. The largest absolute Gasteiger partial charge is 0.375 e. The number of carbonyl (C=O) groups excluding carboxylic acids is 2. The van der Waals surface area contributed by atoms with Crippen LogP contribution in [0.1, 0.15) is 40.5 Å². The molecule has 0 aliphatic carbocycles. The van der Waals surface area contributed by atoms with Gasteiger partial charge in [0.25, 0.3) is 0 Å². The number of ether oxygens (including phenoxy) is 2. The summed E-state index contributed by atoms with van der Waals surface area (Å²) < 4.78 is 11.6. The first-order chi connectivity index (χ1) is 10.8. The third-order valence-corrected chi connectivity index (χ3v) is 5.13. The Labute approximate surface area is 138 Å². The van der Waals surface area contributed by atoms with Crippen LogP contribution in [0.15, 0.2) is 12.2 Å². The molecule has 3 rings (SSSR count). The van der Waals surface area contributed by atoms with E-state index >= 15 is 0 Å². The molecule has 0 aromatic rings. The third-order valence-electron chi connectivity index (χ3n) is 5.13. The summed E-state index contributed by atoms with van der Waals surface area (Å²) in [6.45, 7) is 9.52. The van der Waals surface area contributed by atoms with Crippen molar-refractivity contribution in [2.45, 2.75) is 58.3 Å². The van der Waals surface area contributed by atoms with Crippen molar-refractivity contribution in [3.8, 4) is 0 Å². The zero-order valence-corrected chi connectivity index (χ0v) is 14.5. The Morgan fingerprint density at radius 3 is 2.26 bits per heavy atom. The van der Waals surface area contributed by atoms with Gasteiger partial charge in [-0.2, -0.15) is 0 Å². The van der Waals surface area contributed by atoms with Crippen LogP contribution in [0.5, 0.6) is 0 Å². The third kappa shape index (κ3) is 3.09. The minimum Gasteiger partial charge on any atom is -0.375 e. The molecule has 3 aliphatic rings. The first kappa shape index (κ1) is 16.7.